The van der Waals surface area contributed by atoms with Gasteiger partial charge in [0.2, 0.25) is 10.0 Å². The van der Waals surface area contributed by atoms with E-state index in [0.29, 0.717) is 17.8 Å². The van der Waals surface area contributed by atoms with Crippen LogP contribution in [0.4, 0.5) is 5.69 Å². The highest BCUT2D eigenvalue weighted by atomic mass is 32.2. The van der Waals surface area contributed by atoms with E-state index in [9.17, 15) is 8.42 Å². The van der Waals surface area contributed by atoms with Gasteiger partial charge in [0, 0.05) is 22.0 Å². The monoisotopic (exact) mass is 310 g/mol. The maximum atomic E-state index is 12.3. The first-order valence-electron chi connectivity index (χ1n) is 6.21. The Morgan fingerprint density at radius 1 is 1.15 bits per heavy atom. The van der Waals surface area contributed by atoms with Crippen LogP contribution < -0.4 is 10.5 Å². The Balaban J connectivity index is 2.19. The summed E-state index contributed by atoms with van der Waals surface area (Å²) in [6.07, 6.45) is 0. The molecule has 1 heterocycles. The molecule has 108 valence electrons. The average Bonchev–Trinajstić information content (AvgIpc) is 2.66. The highest BCUT2D eigenvalue weighted by Gasteiger charge is 2.17. The summed E-state index contributed by atoms with van der Waals surface area (Å²) in [4.78, 5) is 2.50. The van der Waals surface area contributed by atoms with Crippen LogP contribution in [0.2, 0.25) is 0 Å². The second kappa shape index (κ2) is 5.55. The van der Waals surface area contributed by atoms with Gasteiger partial charge in [-0.15, -0.1) is 11.3 Å². The van der Waals surface area contributed by atoms with Gasteiger partial charge >= 0.3 is 0 Å². The number of thiophene rings is 1. The summed E-state index contributed by atoms with van der Waals surface area (Å²) in [5.41, 5.74) is 8.04. The Bertz CT molecular complexity index is 714. The number of nitrogens with one attached hydrogen (secondary N) is 1. The van der Waals surface area contributed by atoms with Gasteiger partial charge in [-0.05, 0) is 56.2 Å². The number of benzene rings is 1. The Kier molecular flexibility index (Phi) is 4.17. The predicted octanol–water partition coefficient (Wildman–Crippen LogP) is 2.73. The normalized spacial score (nSPS) is 11.8. The van der Waals surface area contributed by atoms with Crippen LogP contribution in [0.15, 0.2) is 29.2 Å². The zero-order valence-electron chi connectivity index (χ0n) is 11.7. The quantitative estimate of drug-likeness (QED) is 0.853. The molecule has 2 rings (SSSR count). The second-order valence-electron chi connectivity index (χ2n) is 4.80. The molecule has 1 aromatic carbocycles. The lowest BCUT2D eigenvalue weighted by Crippen LogP contribution is -2.23. The van der Waals surface area contributed by atoms with Crippen molar-refractivity contribution in [3.63, 3.8) is 0 Å². The fourth-order valence-corrected chi connectivity index (χ4v) is 4.27. The molecule has 3 N–H and O–H groups in total. The fourth-order valence-electron chi connectivity index (χ4n) is 1.95. The first-order chi connectivity index (χ1) is 9.29. The van der Waals surface area contributed by atoms with Crippen LogP contribution in [0.5, 0.6) is 0 Å². The zero-order chi connectivity index (χ0) is 14.9. The van der Waals surface area contributed by atoms with Crippen molar-refractivity contribution in [1.29, 1.82) is 0 Å². The minimum atomic E-state index is -3.51. The molecule has 20 heavy (non-hydrogen) atoms. The summed E-state index contributed by atoms with van der Waals surface area (Å²) in [6, 6.07) is 6.81. The van der Waals surface area contributed by atoms with Gasteiger partial charge in [0.15, 0.2) is 0 Å². The summed E-state index contributed by atoms with van der Waals surface area (Å²) in [6.45, 7) is 6.10. The van der Waals surface area contributed by atoms with Crippen molar-refractivity contribution in [2.75, 3.05) is 5.73 Å². The van der Waals surface area contributed by atoms with Crippen LogP contribution in [0.3, 0.4) is 0 Å². The lowest BCUT2D eigenvalue weighted by molar-refractivity contribution is 0.581. The van der Waals surface area contributed by atoms with Crippen molar-refractivity contribution in [2.45, 2.75) is 32.2 Å². The smallest absolute Gasteiger partial charge is 0.241 e. The van der Waals surface area contributed by atoms with Gasteiger partial charge in [-0.2, -0.15) is 0 Å². The maximum absolute atomic E-state index is 12.3. The van der Waals surface area contributed by atoms with Crippen molar-refractivity contribution in [2.24, 2.45) is 0 Å². The minimum Gasteiger partial charge on any atom is -0.399 e. The third-order valence-electron chi connectivity index (χ3n) is 3.14. The van der Waals surface area contributed by atoms with Gasteiger partial charge < -0.3 is 5.73 Å². The van der Waals surface area contributed by atoms with Gasteiger partial charge in [-0.1, -0.05) is 0 Å². The number of nitrogens with two attached hydrogens (primary N) is 1. The average molecular weight is 310 g/mol. The van der Waals surface area contributed by atoms with Gasteiger partial charge in [-0.3, -0.25) is 0 Å². The SMILES string of the molecule is Cc1cc(N)ccc1S(=O)(=O)NCc1cc(C)c(C)s1. The van der Waals surface area contributed by atoms with Gasteiger partial charge in [0.1, 0.15) is 0 Å². The van der Waals surface area contributed by atoms with Gasteiger partial charge in [-0.25, -0.2) is 13.1 Å². The molecular weight excluding hydrogens is 292 g/mol. The lowest BCUT2D eigenvalue weighted by Gasteiger charge is -2.09. The largest absolute Gasteiger partial charge is 0.399 e. The number of hydrogen-bond acceptors (Lipinski definition) is 4. The predicted molar refractivity (Wildman–Crippen MR) is 83.4 cm³/mol. The third-order valence-corrected chi connectivity index (χ3v) is 5.86. The number of anilines is 1. The topological polar surface area (TPSA) is 72.2 Å². The molecule has 0 unspecified atom stereocenters. The molecule has 1 aromatic heterocycles. The number of hydrogen-bond donors (Lipinski definition) is 2. The molecule has 0 atom stereocenters. The molecule has 0 radical (unpaired) electrons. The van der Waals surface area contributed by atoms with Crippen molar-refractivity contribution in [1.82, 2.24) is 4.72 Å². The van der Waals surface area contributed by atoms with Crippen molar-refractivity contribution < 1.29 is 8.42 Å². The van der Waals surface area contributed by atoms with Crippen molar-refractivity contribution in [3.05, 3.63) is 45.1 Å². The Morgan fingerprint density at radius 3 is 2.40 bits per heavy atom. The number of aryl methyl sites for hydroxylation is 3. The van der Waals surface area contributed by atoms with Crippen molar-refractivity contribution >= 4 is 27.0 Å². The minimum absolute atomic E-state index is 0.275. The first-order valence-corrected chi connectivity index (χ1v) is 8.51. The van der Waals surface area contributed by atoms with Gasteiger partial charge in [0.25, 0.3) is 0 Å². The standard InChI is InChI=1S/C14H18N2O2S2/c1-9-7-13(19-11(9)3)8-16-20(17,18)14-5-4-12(15)6-10(14)2/h4-7,16H,8,15H2,1-3H3. The molecule has 2 aromatic rings. The molecule has 0 fully saturated rings. The van der Waals surface area contributed by atoms with E-state index in [-0.39, 0.29) is 4.90 Å². The Hall–Kier alpha value is -1.37. The second-order valence-corrected chi connectivity index (χ2v) is 7.88. The van der Waals surface area contributed by atoms with E-state index in [2.05, 4.69) is 4.72 Å². The van der Waals surface area contributed by atoms with Crippen LogP contribution in [-0.2, 0) is 16.6 Å². The highest BCUT2D eigenvalue weighted by Crippen LogP contribution is 2.22. The first kappa shape index (κ1) is 15.0. The van der Waals surface area contributed by atoms with E-state index in [0.717, 1.165) is 4.88 Å². The zero-order valence-corrected chi connectivity index (χ0v) is 13.4. The van der Waals surface area contributed by atoms with Crippen LogP contribution in [0, 0.1) is 20.8 Å². The third kappa shape index (κ3) is 3.20. The molecule has 0 aliphatic carbocycles. The summed E-state index contributed by atoms with van der Waals surface area (Å²) in [5, 5.41) is 0. The number of rotatable bonds is 4. The van der Waals surface area contributed by atoms with E-state index in [1.54, 1.807) is 30.4 Å². The summed E-state index contributed by atoms with van der Waals surface area (Å²) < 4.78 is 27.2. The van der Waals surface area contributed by atoms with Crippen LogP contribution in [-0.4, -0.2) is 8.42 Å². The van der Waals surface area contributed by atoms with E-state index in [4.69, 9.17) is 5.73 Å². The number of sulfonamides is 1. The summed E-state index contributed by atoms with van der Waals surface area (Å²) >= 11 is 1.61. The molecule has 0 aliphatic rings. The van der Waals surface area contributed by atoms with Crippen LogP contribution in [0.25, 0.3) is 0 Å². The number of nitrogen functional groups attached to an aromatic ring is 1. The summed E-state index contributed by atoms with van der Waals surface area (Å²) in [5.74, 6) is 0. The van der Waals surface area contributed by atoms with Crippen molar-refractivity contribution in [3.8, 4) is 0 Å². The molecule has 0 saturated heterocycles. The molecule has 0 aliphatic heterocycles. The molecule has 0 amide bonds. The molecule has 6 heteroatoms. The van der Waals surface area contributed by atoms with E-state index in [1.165, 1.54) is 16.5 Å². The fraction of sp³-hybridized carbons (Fsp3) is 0.286. The molecule has 0 bridgehead atoms. The van der Waals surface area contributed by atoms with E-state index in [1.807, 2.05) is 19.9 Å². The Labute approximate surface area is 123 Å². The molecule has 0 saturated carbocycles. The highest BCUT2D eigenvalue weighted by molar-refractivity contribution is 7.89. The Morgan fingerprint density at radius 2 is 1.85 bits per heavy atom. The maximum Gasteiger partial charge on any atom is 0.241 e. The van der Waals surface area contributed by atoms with Crippen LogP contribution >= 0.6 is 11.3 Å². The van der Waals surface area contributed by atoms with E-state index >= 15 is 0 Å². The van der Waals surface area contributed by atoms with E-state index < -0.39 is 10.0 Å². The molecule has 4 nitrogen and oxygen atoms in total. The van der Waals surface area contributed by atoms with Crippen LogP contribution in [0.1, 0.15) is 20.9 Å². The molecule has 0 spiro atoms. The lowest BCUT2D eigenvalue weighted by atomic mass is 10.2. The molecular formula is C14H18N2O2S2. The summed E-state index contributed by atoms with van der Waals surface area (Å²) in [7, 11) is -3.51. The van der Waals surface area contributed by atoms with Gasteiger partial charge in [0.05, 0.1) is 4.90 Å².